The molecular formula is C20H20N2O4. The lowest BCUT2D eigenvalue weighted by molar-refractivity contribution is -0.136. The van der Waals surface area contributed by atoms with Crippen LogP contribution in [0.4, 0.5) is 11.4 Å². The van der Waals surface area contributed by atoms with Gasteiger partial charge in [-0.3, -0.25) is 14.4 Å². The molecule has 2 aromatic carbocycles. The van der Waals surface area contributed by atoms with E-state index in [9.17, 15) is 14.4 Å². The van der Waals surface area contributed by atoms with Gasteiger partial charge in [-0.25, -0.2) is 0 Å². The van der Waals surface area contributed by atoms with Crippen LogP contribution in [0.2, 0.25) is 0 Å². The molecule has 0 aliphatic carbocycles. The lowest BCUT2D eigenvalue weighted by Gasteiger charge is -2.29. The minimum Gasteiger partial charge on any atom is -0.481 e. The Bertz CT molecular complexity index is 847. The van der Waals surface area contributed by atoms with Gasteiger partial charge in [0.05, 0.1) is 6.42 Å². The Morgan fingerprint density at radius 2 is 1.77 bits per heavy atom. The number of amides is 2. The average molecular weight is 352 g/mol. The molecule has 3 rings (SSSR count). The summed E-state index contributed by atoms with van der Waals surface area (Å²) in [5.41, 5.74) is 3.01. The van der Waals surface area contributed by atoms with E-state index in [1.54, 1.807) is 29.2 Å². The average Bonchev–Trinajstić information content (AvgIpc) is 2.62. The third kappa shape index (κ3) is 4.08. The summed E-state index contributed by atoms with van der Waals surface area (Å²) in [7, 11) is 0. The van der Waals surface area contributed by atoms with Gasteiger partial charge in [-0.1, -0.05) is 36.4 Å². The van der Waals surface area contributed by atoms with E-state index in [1.165, 1.54) is 0 Å². The van der Waals surface area contributed by atoms with Gasteiger partial charge in [0, 0.05) is 30.8 Å². The van der Waals surface area contributed by atoms with Gasteiger partial charge in [0.2, 0.25) is 11.8 Å². The largest absolute Gasteiger partial charge is 0.481 e. The quantitative estimate of drug-likeness (QED) is 0.837. The highest BCUT2D eigenvalue weighted by molar-refractivity contribution is 5.98. The molecule has 6 heteroatoms. The molecule has 0 saturated heterocycles. The Labute approximate surface area is 151 Å². The predicted octanol–water partition coefficient (Wildman–Crippen LogP) is 2.62. The van der Waals surface area contributed by atoms with Crippen molar-refractivity contribution in [2.24, 2.45) is 0 Å². The van der Waals surface area contributed by atoms with E-state index in [1.807, 2.05) is 24.3 Å². The molecule has 0 atom stereocenters. The number of aliphatic carboxylic acids is 1. The first-order chi connectivity index (χ1) is 12.5. The summed E-state index contributed by atoms with van der Waals surface area (Å²) >= 11 is 0. The molecule has 26 heavy (non-hydrogen) atoms. The Morgan fingerprint density at radius 3 is 2.58 bits per heavy atom. The van der Waals surface area contributed by atoms with E-state index in [-0.39, 0.29) is 24.7 Å². The summed E-state index contributed by atoms with van der Waals surface area (Å²) in [6.45, 7) is 0.294. The van der Waals surface area contributed by atoms with Crippen molar-refractivity contribution in [3.05, 3.63) is 59.7 Å². The van der Waals surface area contributed by atoms with E-state index in [2.05, 4.69) is 5.32 Å². The summed E-state index contributed by atoms with van der Waals surface area (Å²) in [5.74, 6) is -1.19. The lowest BCUT2D eigenvalue weighted by atomic mass is 10.0. The van der Waals surface area contributed by atoms with Crippen LogP contribution in [0.1, 0.15) is 24.0 Å². The van der Waals surface area contributed by atoms with Gasteiger partial charge < -0.3 is 15.3 Å². The highest BCUT2D eigenvalue weighted by Gasteiger charge is 2.24. The van der Waals surface area contributed by atoms with Gasteiger partial charge in [0.15, 0.2) is 0 Å². The second kappa shape index (κ2) is 7.82. The van der Waals surface area contributed by atoms with Crippen LogP contribution in [0.25, 0.3) is 0 Å². The van der Waals surface area contributed by atoms with E-state index >= 15 is 0 Å². The second-order valence-corrected chi connectivity index (χ2v) is 6.20. The van der Waals surface area contributed by atoms with Crippen LogP contribution in [0.5, 0.6) is 0 Å². The Balaban J connectivity index is 1.65. The number of aryl methyl sites for hydroxylation is 1. The van der Waals surface area contributed by atoms with Crippen LogP contribution in [0.3, 0.4) is 0 Å². The van der Waals surface area contributed by atoms with Crippen LogP contribution in [0.15, 0.2) is 48.5 Å². The highest BCUT2D eigenvalue weighted by atomic mass is 16.4. The first-order valence-corrected chi connectivity index (χ1v) is 8.52. The molecule has 0 fully saturated rings. The molecule has 0 bridgehead atoms. The number of carbonyl (C=O) groups is 3. The number of nitrogens with one attached hydrogen (secondary N) is 1. The minimum atomic E-state index is -0.956. The number of nitrogens with zero attached hydrogens (tertiary/aromatic N) is 1. The number of carbonyl (C=O) groups excluding carboxylic acids is 2. The Kier molecular flexibility index (Phi) is 5.31. The first kappa shape index (κ1) is 17.7. The molecule has 134 valence electrons. The van der Waals surface area contributed by atoms with Crippen LogP contribution in [-0.2, 0) is 27.2 Å². The molecule has 2 N–H and O–H groups in total. The smallest absolute Gasteiger partial charge is 0.307 e. The topological polar surface area (TPSA) is 86.7 Å². The van der Waals surface area contributed by atoms with Gasteiger partial charge in [-0.15, -0.1) is 0 Å². The van der Waals surface area contributed by atoms with E-state index in [4.69, 9.17) is 5.11 Å². The van der Waals surface area contributed by atoms with Gasteiger partial charge in [0.25, 0.3) is 0 Å². The van der Waals surface area contributed by atoms with Crippen molar-refractivity contribution >= 4 is 29.2 Å². The Hall–Kier alpha value is -3.15. The first-order valence-electron chi connectivity index (χ1n) is 8.52. The Morgan fingerprint density at radius 1 is 1.04 bits per heavy atom. The normalized spacial score (nSPS) is 13.2. The summed E-state index contributed by atoms with van der Waals surface area (Å²) < 4.78 is 0. The number of hydrogen-bond acceptors (Lipinski definition) is 3. The van der Waals surface area contributed by atoms with Crippen LogP contribution in [-0.4, -0.2) is 29.4 Å². The van der Waals surface area contributed by atoms with Gasteiger partial charge in [0.1, 0.15) is 0 Å². The van der Waals surface area contributed by atoms with Crippen LogP contribution < -0.4 is 10.2 Å². The summed E-state index contributed by atoms with van der Waals surface area (Å²) in [6.07, 6.45) is 1.15. The summed E-state index contributed by atoms with van der Waals surface area (Å²) in [4.78, 5) is 37.1. The molecule has 2 aromatic rings. The molecule has 6 nitrogen and oxygen atoms in total. The second-order valence-electron chi connectivity index (χ2n) is 6.20. The molecule has 0 unspecified atom stereocenters. The summed E-state index contributed by atoms with van der Waals surface area (Å²) in [5, 5.41) is 11.7. The van der Waals surface area contributed by atoms with Gasteiger partial charge >= 0.3 is 5.97 Å². The van der Waals surface area contributed by atoms with E-state index in [0.717, 1.165) is 17.7 Å². The van der Waals surface area contributed by atoms with Crippen molar-refractivity contribution in [1.29, 1.82) is 0 Å². The number of benzene rings is 2. The summed E-state index contributed by atoms with van der Waals surface area (Å²) in [6, 6.07) is 14.5. The molecule has 2 amide bonds. The highest BCUT2D eigenvalue weighted by Crippen LogP contribution is 2.27. The standard InChI is InChI=1S/C20H20N2O4/c23-18(21-16-7-3-1-6-15(16)13-20(25)26)11-12-22-17-8-4-2-5-14(17)9-10-19(22)24/h1-8H,9-13H2,(H,21,23)(H,25,26). The zero-order chi connectivity index (χ0) is 18.5. The van der Waals surface area contributed by atoms with Gasteiger partial charge in [-0.05, 0) is 29.7 Å². The maximum atomic E-state index is 12.3. The predicted molar refractivity (Wildman–Crippen MR) is 98.1 cm³/mol. The molecule has 1 aliphatic rings. The third-order valence-electron chi connectivity index (χ3n) is 4.39. The molecule has 1 heterocycles. The van der Waals surface area contributed by atoms with Crippen molar-refractivity contribution in [3.63, 3.8) is 0 Å². The fraction of sp³-hybridized carbons (Fsp3) is 0.250. The van der Waals surface area contributed by atoms with Crippen LogP contribution in [0, 0.1) is 0 Å². The van der Waals surface area contributed by atoms with Crippen LogP contribution >= 0.6 is 0 Å². The number of fused-ring (bicyclic) bond motifs is 1. The molecule has 0 spiro atoms. The van der Waals surface area contributed by atoms with Crippen molar-refractivity contribution in [2.75, 3.05) is 16.8 Å². The monoisotopic (exact) mass is 352 g/mol. The number of carboxylic acid groups (broad SMARTS) is 1. The number of carboxylic acids is 1. The van der Waals surface area contributed by atoms with Crippen molar-refractivity contribution < 1.29 is 19.5 Å². The van der Waals surface area contributed by atoms with Crippen molar-refractivity contribution in [3.8, 4) is 0 Å². The van der Waals surface area contributed by atoms with E-state index in [0.29, 0.717) is 24.2 Å². The number of rotatable bonds is 6. The zero-order valence-electron chi connectivity index (χ0n) is 14.3. The molecule has 0 aromatic heterocycles. The third-order valence-corrected chi connectivity index (χ3v) is 4.39. The van der Waals surface area contributed by atoms with E-state index < -0.39 is 5.97 Å². The fourth-order valence-electron chi connectivity index (χ4n) is 3.13. The number of hydrogen-bond donors (Lipinski definition) is 2. The maximum absolute atomic E-state index is 12.3. The van der Waals surface area contributed by atoms with Crippen molar-refractivity contribution in [1.82, 2.24) is 0 Å². The maximum Gasteiger partial charge on any atom is 0.307 e. The SMILES string of the molecule is O=C(O)Cc1ccccc1NC(=O)CCN1C(=O)CCc2ccccc21. The molecule has 0 saturated carbocycles. The molecule has 1 aliphatic heterocycles. The number of anilines is 2. The molecule has 0 radical (unpaired) electrons. The number of para-hydroxylation sites is 2. The minimum absolute atomic E-state index is 0.0165. The van der Waals surface area contributed by atoms with Crippen molar-refractivity contribution in [2.45, 2.75) is 25.7 Å². The van der Waals surface area contributed by atoms with Gasteiger partial charge in [-0.2, -0.15) is 0 Å². The molecular weight excluding hydrogens is 332 g/mol. The lowest BCUT2D eigenvalue weighted by Crippen LogP contribution is -2.37. The fourth-order valence-corrected chi connectivity index (χ4v) is 3.13. The zero-order valence-corrected chi connectivity index (χ0v) is 14.3.